The van der Waals surface area contributed by atoms with E-state index >= 15 is 0 Å². The zero-order valence-electron chi connectivity index (χ0n) is 15.9. The van der Waals surface area contributed by atoms with Gasteiger partial charge in [-0.15, -0.1) is 0 Å². The van der Waals surface area contributed by atoms with Crippen LogP contribution in [0.2, 0.25) is 0 Å². The van der Waals surface area contributed by atoms with Gasteiger partial charge in [0.1, 0.15) is 0 Å². The van der Waals surface area contributed by atoms with Crippen LogP contribution in [0.25, 0.3) is 0 Å². The molecule has 0 atom stereocenters. The molecule has 0 fully saturated rings. The maximum Gasteiger partial charge on any atom is 0.251 e. The molecule has 0 radical (unpaired) electrons. The highest BCUT2D eigenvalue weighted by molar-refractivity contribution is 6.10. The zero-order chi connectivity index (χ0) is 20.0. The monoisotopic (exact) mass is 365 g/mol. The second-order valence-corrected chi connectivity index (χ2v) is 6.35. The Kier molecular flexibility index (Phi) is 6.49. The first-order chi connectivity index (χ1) is 12.8. The number of nitrogens with zero attached hydrogens (tertiary/aromatic N) is 1. The molecule has 0 aromatic heterocycles. The molecule has 2 aromatic rings. The zero-order valence-corrected chi connectivity index (χ0v) is 15.9. The quantitative estimate of drug-likeness (QED) is 0.607. The summed E-state index contributed by atoms with van der Waals surface area (Å²) in [6, 6.07) is 14.0. The molecule has 6 heteroatoms. The molecule has 0 aliphatic carbocycles. The summed E-state index contributed by atoms with van der Waals surface area (Å²) in [6.45, 7) is 3.04. The first kappa shape index (κ1) is 19.9. The van der Waals surface area contributed by atoms with Crippen LogP contribution < -0.4 is 15.5 Å². The second kappa shape index (κ2) is 8.80. The van der Waals surface area contributed by atoms with E-state index in [1.165, 1.54) is 13.0 Å². The van der Waals surface area contributed by atoms with Gasteiger partial charge < -0.3 is 15.5 Å². The van der Waals surface area contributed by atoms with E-state index in [0.717, 1.165) is 5.69 Å². The fourth-order valence-corrected chi connectivity index (χ4v) is 2.30. The lowest BCUT2D eigenvalue weighted by molar-refractivity contribution is -0.114. The maximum atomic E-state index is 12.2. The predicted molar refractivity (Wildman–Crippen MR) is 108 cm³/mol. The molecule has 0 unspecified atom stereocenters. The molecule has 0 aliphatic heterocycles. The van der Waals surface area contributed by atoms with Crippen LogP contribution >= 0.6 is 0 Å². The maximum absolute atomic E-state index is 12.2. The van der Waals surface area contributed by atoms with Crippen molar-refractivity contribution in [2.45, 2.75) is 13.8 Å². The van der Waals surface area contributed by atoms with E-state index in [9.17, 15) is 14.4 Å². The Hall–Kier alpha value is -3.41. The topological polar surface area (TPSA) is 78.5 Å². The highest BCUT2D eigenvalue weighted by Crippen LogP contribution is 2.16. The van der Waals surface area contributed by atoms with Crippen molar-refractivity contribution in [1.82, 2.24) is 0 Å². The third-order valence-electron chi connectivity index (χ3n) is 3.91. The highest BCUT2D eigenvalue weighted by atomic mass is 16.2. The first-order valence-corrected chi connectivity index (χ1v) is 8.45. The van der Waals surface area contributed by atoms with Crippen LogP contribution in [0.5, 0.6) is 0 Å². The predicted octanol–water partition coefficient (Wildman–Crippen LogP) is 3.48. The van der Waals surface area contributed by atoms with E-state index < -0.39 is 0 Å². The van der Waals surface area contributed by atoms with Gasteiger partial charge in [0.2, 0.25) is 5.91 Å². The average molecular weight is 365 g/mol. The lowest BCUT2D eigenvalue weighted by Gasteiger charge is -2.12. The number of Topliss-reactive ketones (excluding diaryl/α,β-unsaturated/α-hetero) is 1. The van der Waals surface area contributed by atoms with Crippen LogP contribution in [0.1, 0.15) is 24.2 Å². The van der Waals surface area contributed by atoms with Gasteiger partial charge in [-0.05, 0) is 62.4 Å². The van der Waals surface area contributed by atoms with Gasteiger partial charge in [-0.3, -0.25) is 14.4 Å². The standard InChI is InChI=1S/C21H23N3O3/c1-14(21(27)23-18-7-5-16(6-8-18)15(2)25)13-20(26)22-17-9-11-19(12-10-17)24(3)4/h5-13H,1-4H3,(H,22,26)(H,23,27)/b14-13-. The lowest BCUT2D eigenvalue weighted by atomic mass is 10.1. The van der Waals surface area contributed by atoms with Gasteiger partial charge in [0.05, 0.1) is 0 Å². The molecule has 0 spiro atoms. The molecule has 6 nitrogen and oxygen atoms in total. The molecular formula is C21H23N3O3. The van der Waals surface area contributed by atoms with Crippen molar-refractivity contribution in [3.63, 3.8) is 0 Å². The summed E-state index contributed by atoms with van der Waals surface area (Å²) in [7, 11) is 3.87. The lowest BCUT2D eigenvalue weighted by Crippen LogP contribution is -2.16. The van der Waals surface area contributed by atoms with Gasteiger partial charge >= 0.3 is 0 Å². The summed E-state index contributed by atoms with van der Waals surface area (Å²) < 4.78 is 0. The molecule has 0 saturated heterocycles. The Morgan fingerprint density at radius 1 is 0.815 bits per heavy atom. The largest absolute Gasteiger partial charge is 0.378 e. The van der Waals surface area contributed by atoms with E-state index in [0.29, 0.717) is 16.9 Å². The number of carbonyl (C=O) groups is 3. The van der Waals surface area contributed by atoms with Crippen LogP contribution in [0, 0.1) is 0 Å². The second-order valence-electron chi connectivity index (χ2n) is 6.35. The van der Waals surface area contributed by atoms with E-state index in [1.54, 1.807) is 43.3 Å². The minimum absolute atomic E-state index is 0.0424. The summed E-state index contributed by atoms with van der Waals surface area (Å²) in [6.07, 6.45) is 1.25. The number of amides is 2. The van der Waals surface area contributed by atoms with Gasteiger partial charge in [0.15, 0.2) is 5.78 Å². The van der Waals surface area contributed by atoms with Crippen LogP contribution in [-0.2, 0) is 9.59 Å². The summed E-state index contributed by atoms with van der Waals surface area (Å²) in [4.78, 5) is 37.5. The smallest absolute Gasteiger partial charge is 0.251 e. The van der Waals surface area contributed by atoms with Crippen molar-refractivity contribution in [1.29, 1.82) is 0 Å². The van der Waals surface area contributed by atoms with Crippen molar-refractivity contribution in [2.24, 2.45) is 0 Å². The fraction of sp³-hybridized carbons (Fsp3) is 0.190. The van der Waals surface area contributed by atoms with Crippen LogP contribution in [0.3, 0.4) is 0 Å². The molecule has 2 amide bonds. The van der Waals surface area contributed by atoms with E-state index in [1.807, 2.05) is 31.1 Å². The molecule has 140 valence electrons. The van der Waals surface area contributed by atoms with Gasteiger partial charge in [0.25, 0.3) is 5.91 Å². The molecule has 0 saturated carbocycles. The Bertz CT molecular complexity index is 867. The molecule has 2 rings (SSSR count). The normalized spacial score (nSPS) is 10.9. The molecule has 27 heavy (non-hydrogen) atoms. The van der Waals surface area contributed by atoms with Gasteiger partial charge in [-0.1, -0.05) is 0 Å². The molecule has 2 aromatic carbocycles. The Labute approximate surface area is 158 Å². The van der Waals surface area contributed by atoms with Crippen molar-refractivity contribution < 1.29 is 14.4 Å². The fourth-order valence-electron chi connectivity index (χ4n) is 2.30. The Morgan fingerprint density at radius 3 is 1.85 bits per heavy atom. The summed E-state index contributed by atoms with van der Waals surface area (Å²) in [5.41, 5.74) is 3.06. The van der Waals surface area contributed by atoms with Crippen molar-refractivity contribution >= 4 is 34.7 Å². The minimum atomic E-state index is -0.385. The average Bonchev–Trinajstić information content (AvgIpc) is 2.62. The SMILES string of the molecule is CC(=O)c1ccc(NC(=O)/C(C)=C\C(=O)Nc2ccc(N(C)C)cc2)cc1. The Morgan fingerprint density at radius 2 is 1.33 bits per heavy atom. The Balaban J connectivity index is 1.97. The molecule has 0 bridgehead atoms. The van der Waals surface area contributed by atoms with Crippen LogP contribution in [0.4, 0.5) is 17.1 Å². The number of benzene rings is 2. The number of carbonyl (C=O) groups excluding carboxylic acids is 3. The van der Waals surface area contributed by atoms with Crippen LogP contribution in [-0.4, -0.2) is 31.7 Å². The molecule has 0 heterocycles. The van der Waals surface area contributed by atoms with Gasteiger partial charge in [-0.25, -0.2) is 0 Å². The van der Waals surface area contributed by atoms with Crippen LogP contribution in [0.15, 0.2) is 60.2 Å². The third kappa shape index (κ3) is 5.81. The number of ketones is 1. The number of hydrogen-bond acceptors (Lipinski definition) is 4. The van der Waals surface area contributed by atoms with E-state index in [4.69, 9.17) is 0 Å². The first-order valence-electron chi connectivity index (χ1n) is 8.45. The van der Waals surface area contributed by atoms with Gasteiger partial charge in [0, 0.05) is 48.4 Å². The van der Waals surface area contributed by atoms with E-state index in [2.05, 4.69) is 10.6 Å². The van der Waals surface area contributed by atoms with E-state index in [-0.39, 0.29) is 23.2 Å². The summed E-state index contributed by atoms with van der Waals surface area (Å²) in [5.74, 6) is -0.810. The molecule has 0 aliphatic rings. The molecular weight excluding hydrogens is 342 g/mol. The summed E-state index contributed by atoms with van der Waals surface area (Å²) in [5, 5.41) is 5.42. The van der Waals surface area contributed by atoms with Crippen molar-refractivity contribution in [3.05, 3.63) is 65.7 Å². The number of anilines is 3. The number of rotatable bonds is 6. The summed E-state index contributed by atoms with van der Waals surface area (Å²) >= 11 is 0. The molecule has 2 N–H and O–H groups in total. The minimum Gasteiger partial charge on any atom is -0.378 e. The van der Waals surface area contributed by atoms with Crippen molar-refractivity contribution in [2.75, 3.05) is 29.6 Å². The van der Waals surface area contributed by atoms with Crippen molar-refractivity contribution in [3.8, 4) is 0 Å². The highest BCUT2D eigenvalue weighted by Gasteiger charge is 2.08. The number of nitrogens with one attached hydrogen (secondary N) is 2. The van der Waals surface area contributed by atoms with Gasteiger partial charge in [-0.2, -0.15) is 0 Å². The number of hydrogen-bond donors (Lipinski definition) is 2. The third-order valence-corrected chi connectivity index (χ3v) is 3.91.